The van der Waals surface area contributed by atoms with Gasteiger partial charge in [0.15, 0.2) is 6.29 Å². The highest BCUT2D eigenvalue weighted by molar-refractivity contribution is 5.98. The molecule has 0 radical (unpaired) electrons. The molecule has 0 aromatic heterocycles. The number of nitrogens with two attached hydrogens (primary N) is 1. The van der Waals surface area contributed by atoms with E-state index in [0.717, 1.165) is 18.7 Å². The lowest BCUT2D eigenvalue weighted by molar-refractivity contribution is -0.281. The molecule has 10 amide bonds. The van der Waals surface area contributed by atoms with E-state index < -0.39 is 182 Å². The summed E-state index contributed by atoms with van der Waals surface area (Å²) in [6.07, 6.45) is -10.2. The molecule has 0 aromatic rings. The number of carbonyl (C=O) groups excluding carboxylic acids is 10. The first-order valence-electron chi connectivity index (χ1n) is 24.1. The molecule has 29 heteroatoms. The van der Waals surface area contributed by atoms with Crippen molar-refractivity contribution in [3.05, 3.63) is 0 Å². The largest absolute Gasteiger partial charge is 0.394 e. The van der Waals surface area contributed by atoms with Crippen molar-refractivity contribution in [1.82, 2.24) is 47.0 Å². The van der Waals surface area contributed by atoms with Crippen molar-refractivity contribution in [3.8, 4) is 0 Å². The summed E-state index contributed by atoms with van der Waals surface area (Å²) in [4.78, 5) is 135. The van der Waals surface area contributed by atoms with Gasteiger partial charge in [-0.1, -0.05) is 20.3 Å². The van der Waals surface area contributed by atoms with Crippen molar-refractivity contribution in [2.24, 2.45) is 11.7 Å². The van der Waals surface area contributed by atoms with Gasteiger partial charge in [-0.3, -0.25) is 47.9 Å². The molecular weight excluding hydrogens is 973 g/mol. The maximum absolute atomic E-state index is 14.8. The lowest BCUT2D eigenvalue weighted by atomic mass is 9.96. The van der Waals surface area contributed by atoms with Gasteiger partial charge in [0.05, 0.1) is 38.1 Å². The Bertz CT molecular complexity index is 1980. The average Bonchev–Trinajstić information content (AvgIpc) is 4.04. The van der Waals surface area contributed by atoms with E-state index in [-0.39, 0.29) is 38.8 Å². The summed E-state index contributed by atoms with van der Waals surface area (Å²) in [6, 6.07) is -14.1. The summed E-state index contributed by atoms with van der Waals surface area (Å²) >= 11 is 0. The number of hydrogen-bond donors (Lipinski definition) is 15. The second-order valence-electron chi connectivity index (χ2n) is 18.5. The van der Waals surface area contributed by atoms with Gasteiger partial charge in [0, 0.05) is 26.9 Å². The molecule has 3 heterocycles. The maximum atomic E-state index is 14.8. The Kier molecular flexibility index (Phi) is 23.8. The van der Waals surface area contributed by atoms with Gasteiger partial charge in [-0.25, -0.2) is 0 Å². The van der Waals surface area contributed by atoms with E-state index >= 15 is 0 Å². The van der Waals surface area contributed by atoms with Crippen LogP contribution in [0.25, 0.3) is 0 Å². The first-order valence-corrected chi connectivity index (χ1v) is 24.1. The number of amides is 10. The molecule has 29 nitrogen and oxygen atoms in total. The number of carbonyl (C=O) groups is 10. The van der Waals surface area contributed by atoms with Crippen LogP contribution in [0.2, 0.25) is 0 Å². The summed E-state index contributed by atoms with van der Waals surface area (Å²) < 4.78 is 11.7. The summed E-state index contributed by atoms with van der Waals surface area (Å²) in [6.45, 7) is 6.34. The van der Waals surface area contributed by atoms with Gasteiger partial charge in [-0.2, -0.15) is 0 Å². The number of aliphatic hydroxyl groups is 7. The molecular formula is C44H74N10O19. The Morgan fingerprint density at radius 3 is 1.59 bits per heavy atom. The summed E-state index contributed by atoms with van der Waals surface area (Å²) in [7, 11) is 0. The number of primary amides is 1. The van der Waals surface area contributed by atoms with Crippen molar-refractivity contribution in [2.45, 2.75) is 178 Å². The Morgan fingerprint density at radius 1 is 0.658 bits per heavy atom. The summed E-state index contributed by atoms with van der Waals surface area (Å²) in [5, 5.41) is 88.7. The zero-order valence-corrected chi connectivity index (χ0v) is 41.9. The molecule has 0 bridgehead atoms. The standard InChI is InChI=1S/C44H74N10O19/c1-8-18(2)29(41(69)47-24(15-55)37(65)50-30(19(3)58)36(45)64)49-40(68)27-12-10-14-54(27)43(71)32(21(5)72-44-33(46-22(6)60)35(63)34(62)28(17-57)73-44)52-38(66)25(16-56)48-42(70)31(20(4)59)51-39(67)26-11-9-13-53(26)23(7)61/h18-21,24-35,44,55-59,62-63H,8-17H2,1-7H3,(H2,45,64)(H,46,60)(H,47,69)(H,48,70)(H,49,68)(H,50,65)(H,51,67)(H,52,66)/t18-,19+,20+,21+,24-,25-,26-,27-,28+,29-,30-,31-,32-,33+,34-,35+,44-/m0/s1. The first-order chi connectivity index (χ1) is 34.2. The fourth-order valence-corrected chi connectivity index (χ4v) is 8.61. The van der Waals surface area contributed by atoms with E-state index in [1.807, 2.05) is 0 Å². The van der Waals surface area contributed by atoms with Crippen LogP contribution < -0.4 is 43.0 Å². The van der Waals surface area contributed by atoms with Crippen LogP contribution in [0.15, 0.2) is 0 Å². The highest BCUT2D eigenvalue weighted by Gasteiger charge is 2.49. The van der Waals surface area contributed by atoms with Crippen molar-refractivity contribution >= 4 is 59.1 Å². The van der Waals surface area contributed by atoms with Crippen LogP contribution >= 0.6 is 0 Å². The molecule has 0 saturated carbocycles. The lowest BCUT2D eigenvalue weighted by Crippen LogP contribution is -2.66. The number of rotatable bonds is 25. The topological polar surface area (TPSA) is 447 Å². The Hall–Kier alpha value is -5.66. The monoisotopic (exact) mass is 1050 g/mol. The number of ether oxygens (including phenoxy) is 2. The molecule has 17 atom stereocenters. The highest BCUT2D eigenvalue weighted by Crippen LogP contribution is 2.26. The van der Waals surface area contributed by atoms with E-state index in [1.165, 1.54) is 25.7 Å². The first kappa shape index (κ1) is 61.6. The van der Waals surface area contributed by atoms with Crippen molar-refractivity contribution in [3.63, 3.8) is 0 Å². The Balaban J connectivity index is 1.97. The molecule has 414 valence electrons. The number of nitrogens with one attached hydrogen (secondary N) is 7. The minimum atomic E-state index is -1.91. The van der Waals surface area contributed by atoms with Gasteiger partial charge < -0.3 is 98.0 Å². The van der Waals surface area contributed by atoms with Crippen LogP contribution in [-0.4, -0.2) is 235 Å². The number of nitrogens with zero attached hydrogens (tertiary/aromatic N) is 2. The van der Waals surface area contributed by atoms with Gasteiger partial charge in [-0.05, 0) is 52.4 Å². The quantitative estimate of drug-likeness (QED) is 0.0404. The molecule has 73 heavy (non-hydrogen) atoms. The van der Waals surface area contributed by atoms with Gasteiger partial charge >= 0.3 is 0 Å². The van der Waals surface area contributed by atoms with E-state index in [2.05, 4.69) is 37.2 Å². The smallest absolute Gasteiger partial charge is 0.248 e. The van der Waals surface area contributed by atoms with Crippen LogP contribution in [0.5, 0.6) is 0 Å². The fourth-order valence-electron chi connectivity index (χ4n) is 8.61. The van der Waals surface area contributed by atoms with Gasteiger partial charge in [0.1, 0.15) is 72.7 Å². The summed E-state index contributed by atoms with van der Waals surface area (Å²) in [5.74, 6) is -10.0. The van der Waals surface area contributed by atoms with Crippen LogP contribution in [0.3, 0.4) is 0 Å². The minimum absolute atomic E-state index is 0.0107. The van der Waals surface area contributed by atoms with E-state index in [9.17, 15) is 83.7 Å². The molecule has 3 aliphatic rings. The van der Waals surface area contributed by atoms with Crippen molar-refractivity contribution < 1.29 is 93.2 Å². The average molecular weight is 1050 g/mol. The predicted octanol–water partition coefficient (Wildman–Crippen LogP) is -8.48. The normalized spacial score (nSPS) is 26.0. The third-order valence-electron chi connectivity index (χ3n) is 13.0. The van der Waals surface area contributed by atoms with E-state index in [1.54, 1.807) is 13.8 Å². The van der Waals surface area contributed by atoms with Crippen LogP contribution in [0.4, 0.5) is 0 Å². The zero-order valence-electron chi connectivity index (χ0n) is 41.9. The molecule has 0 aliphatic carbocycles. The molecule has 3 aliphatic heterocycles. The molecule has 16 N–H and O–H groups in total. The van der Waals surface area contributed by atoms with Crippen molar-refractivity contribution in [1.29, 1.82) is 0 Å². The number of aliphatic hydroxyl groups excluding tert-OH is 7. The van der Waals surface area contributed by atoms with Crippen LogP contribution in [0, 0.1) is 5.92 Å². The zero-order chi connectivity index (χ0) is 55.2. The molecule has 0 unspecified atom stereocenters. The number of likely N-dealkylation sites (tertiary alicyclic amines) is 2. The SMILES string of the molecule is CC[C@H](C)[C@H](NC(=O)[C@@H]1CCCN1C(=O)[C@@H](NC(=O)[C@H](CO)NC(=O)[C@@H](NC(=O)[C@@H]1CCCN1C(C)=O)[C@@H](C)O)[C@@H](C)O[C@H]1O[C@H](CO)[C@H](O)[C@H](O)[C@H]1NC(C)=O)C(=O)N[C@@H](CO)C(=O)N[C@H](C(N)=O)[C@@H](C)O. The van der Waals surface area contributed by atoms with Crippen LogP contribution in [0.1, 0.15) is 80.6 Å². The van der Waals surface area contributed by atoms with Gasteiger partial charge in [0.25, 0.3) is 0 Å². The molecule has 0 spiro atoms. The second kappa shape index (κ2) is 28.1. The number of hydrogen-bond acceptors (Lipinski definition) is 19. The molecule has 3 saturated heterocycles. The maximum Gasteiger partial charge on any atom is 0.248 e. The Morgan fingerprint density at radius 2 is 1.14 bits per heavy atom. The third-order valence-corrected chi connectivity index (χ3v) is 13.0. The fraction of sp³-hybridized carbons (Fsp3) is 0.773. The van der Waals surface area contributed by atoms with Gasteiger partial charge in [0.2, 0.25) is 59.1 Å². The highest BCUT2D eigenvalue weighted by atomic mass is 16.7. The van der Waals surface area contributed by atoms with E-state index in [4.69, 9.17) is 15.2 Å². The third kappa shape index (κ3) is 16.2. The second-order valence-corrected chi connectivity index (χ2v) is 18.5. The van der Waals surface area contributed by atoms with Gasteiger partial charge in [-0.15, -0.1) is 0 Å². The summed E-state index contributed by atoms with van der Waals surface area (Å²) in [5.41, 5.74) is 5.25. The van der Waals surface area contributed by atoms with E-state index in [0.29, 0.717) is 6.42 Å². The minimum Gasteiger partial charge on any atom is -0.394 e. The Labute approximate surface area is 421 Å². The van der Waals surface area contributed by atoms with Crippen molar-refractivity contribution in [2.75, 3.05) is 32.9 Å². The van der Waals surface area contributed by atoms with Crippen LogP contribution in [-0.2, 0) is 57.4 Å². The molecule has 0 aromatic carbocycles. The molecule has 3 fully saturated rings. The lowest BCUT2D eigenvalue weighted by Gasteiger charge is -2.43. The molecule has 3 rings (SSSR count). The predicted molar refractivity (Wildman–Crippen MR) is 249 cm³/mol.